The van der Waals surface area contributed by atoms with Gasteiger partial charge < -0.3 is 19.7 Å². The van der Waals surface area contributed by atoms with Crippen molar-refractivity contribution in [2.75, 3.05) is 32.2 Å². The van der Waals surface area contributed by atoms with E-state index >= 15 is 0 Å². The predicted octanol–water partition coefficient (Wildman–Crippen LogP) is 2.42. The number of thiazole rings is 1. The van der Waals surface area contributed by atoms with Crippen LogP contribution in [0.4, 0.5) is 5.13 Å². The first kappa shape index (κ1) is 15.5. The number of nitrogens with one attached hydrogen (secondary N) is 1. The molecule has 1 aliphatic heterocycles. The fourth-order valence-corrected chi connectivity index (χ4v) is 4.21. The molecule has 1 atom stereocenters. The van der Waals surface area contributed by atoms with E-state index in [9.17, 15) is 4.79 Å². The normalized spacial score (nSPS) is 20.4. The molecule has 0 spiro atoms. The highest BCUT2D eigenvalue weighted by atomic mass is 32.1. The van der Waals surface area contributed by atoms with E-state index in [0.29, 0.717) is 6.04 Å². The van der Waals surface area contributed by atoms with Crippen molar-refractivity contribution < 1.29 is 14.3 Å². The summed E-state index contributed by atoms with van der Waals surface area (Å²) >= 11 is 1.59. The number of carbonyl (C=O) groups excluding carboxylic acids is 1. The number of benzene rings is 1. The SMILES string of the molecule is COc1ccc(OC)c2sc(N3CCC(C(=O)NC4CC4)C3)nc12. The Balaban J connectivity index is 1.57. The van der Waals surface area contributed by atoms with Gasteiger partial charge in [-0.1, -0.05) is 11.3 Å². The van der Waals surface area contributed by atoms with E-state index in [1.807, 2.05) is 12.1 Å². The highest BCUT2D eigenvalue weighted by Crippen LogP contribution is 2.41. The van der Waals surface area contributed by atoms with Crippen molar-refractivity contribution >= 4 is 32.6 Å². The van der Waals surface area contributed by atoms with Gasteiger partial charge in [-0.3, -0.25) is 4.79 Å². The van der Waals surface area contributed by atoms with E-state index in [1.54, 1.807) is 25.6 Å². The minimum atomic E-state index is 0.0569. The summed E-state index contributed by atoms with van der Waals surface area (Å²) in [6.45, 7) is 1.58. The molecule has 1 aliphatic carbocycles. The van der Waals surface area contributed by atoms with Crippen LogP contribution in [0.3, 0.4) is 0 Å². The van der Waals surface area contributed by atoms with Crippen LogP contribution in [0.2, 0.25) is 0 Å². The highest BCUT2D eigenvalue weighted by molar-refractivity contribution is 7.22. The minimum Gasteiger partial charge on any atom is -0.495 e. The Morgan fingerprint density at radius 3 is 2.71 bits per heavy atom. The molecule has 1 unspecified atom stereocenters. The molecule has 24 heavy (non-hydrogen) atoms. The molecule has 4 rings (SSSR count). The maximum atomic E-state index is 12.3. The number of carbonyl (C=O) groups is 1. The molecular weight excluding hydrogens is 326 g/mol. The average molecular weight is 347 g/mol. The standard InChI is InChI=1S/C17H21N3O3S/c1-22-12-5-6-13(23-2)15-14(12)19-17(24-15)20-8-7-10(9-20)16(21)18-11-3-4-11/h5-6,10-11H,3-4,7-9H2,1-2H3,(H,18,21). The molecule has 1 aromatic carbocycles. The monoisotopic (exact) mass is 347 g/mol. The summed E-state index contributed by atoms with van der Waals surface area (Å²) in [4.78, 5) is 19.2. The first-order valence-corrected chi connectivity index (χ1v) is 9.08. The van der Waals surface area contributed by atoms with Crippen LogP contribution >= 0.6 is 11.3 Å². The average Bonchev–Trinajstić information content (AvgIpc) is 3.11. The van der Waals surface area contributed by atoms with Gasteiger partial charge in [0.25, 0.3) is 0 Å². The number of rotatable bonds is 5. The molecule has 1 N–H and O–H groups in total. The molecule has 2 fully saturated rings. The van der Waals surface area contributed by atoms with Crippen LogP contribution in [0.5, 0.6) is 11.5 Å². The summed E-state index contributed by atoms with van der Waals surface area (Å²) in [7, 11) is 3.31. The third kappa shape index (κ3) is 2.77. The van der Waals surface area contributed by atoms with Crippen molar-refractivity contribution in [2.24, 2.45) is 5.92 Å². The van der Waals surface area contributed by atoms with Crippen LogP contribution in [0.25, 0.3) is 10.2 Å². The Bertz CT molecular complexity index is 731. The van der Waals surface area contributed by atoms with Gasteiger partial charge in [0.2, 0.25) is 5.91 Å². The number of anilines is 1. The highest BCUT2D eigenvalue weighted by Gasteiger charge is 2.33. The Morgan fingerprint density at radius 2 is 2.00 bits per heavy atom. The van der Waals surface area contributed by atoms with E-state index in [1.165, 1.54) is 0 Å². The van der Waals surface area contributed by atoms with E-state index in [4.69, 9.17) is 14.5 Å². The number of ether oxygens (including phenoxy) is 2. The molecule has 1 saturated carbocycles. The van der Waals surface area contributed by atoms with E-state index in [-0.39, 0.29) is 11.8 Å². The van der Waals surface area contributed by atoms with Crippen molar-refractivity contribution in [1.29, 1.82) is 0 Å². The smallest absolute Gasteiger partial charge is 0.225 e. The van der Waals surface area contributed by atoms with Crippen molar-refractivity contribution in [3.8, 4) is 11.5 Å². The van der Waals surface area contributed by atoms with Crippen LogP contribution in [-0.2, 0) is 4.79 Å². The zero-order valence-corrected chi connectivity index (χ0v) is 14.7. The van der Waals surface area contributed by atoms with Gasteiger partial charge in [0.05, 0.1) is 20.1 Å². The summed E-state index contributed by atoms with van der Waals surface area (Å²) in [5, 5.41) is 4.03. The van der Waals surface area contributed by atoms with Crippen LogP contribution in [0, 0.1) is 5.92 Å². The Kier molecular flexibility index (Phi) is 3.96. The second kappa shape index (κ2) is 6.12. The lowest BCUT2D eigenvalue weighted by atomic mass is 10.1. The quantitative estimate of drug-likeness (QED) is 0.900. The summed E-state index contributed by atoms with van der Waals surface area (Å²) in [5.41, 5.74) is 0.822. The number of methoxy groups -OCH3 is 2. The van der Waals surface area contributed by atoms with Crippen LogP contribution < -0.4 is 19.7 Å². The van der Waals surface area contributed by atoms with Gasteiger partial charge in [-0.25, -0.2) is 4.98 Å². The van der Waals surface area contributed by atoms with Crippen molar-refractivity contribution in [2.45, 2.75) is 25.3 Å². The molecule has 0 bridgehead atoms. The zero-order valence-electron chi connectivity index (χ0n) is 13.9. The maximum absolute atomic E-state index is 12.3. The second-order valence-corrected chi connectivity index (χ2v) is 7.34. The molecule has 7 heteroatoms. The summed E-state index contributed by atoms with van der Waals surface area (Å²) in [6.07, 6.45) is 3.13. The summed E-state index contributed by atoms with van der Waals surface area (Å²) < 4.78 is 11.8. The molecule has 1 amide bonds. The number of hydrogen-bond donors (Lipinski definition) is 1. The lowest BCUT2D eigenvalue weighted by Gasteiger charge is -2.14. The van der Waals surface area contributed by atoms with Crippen LogP contribution in [-0.4, -0.2) is 44.2 Å². The topological polar surface area (TPSA) is 63.7 Å². The van der Waals surface area contributed by atoms with E-state index in [2.05, 4.69) is 10.2 Å². The first-order valence-electron chi connectivity index (χ1n) is 8.26. The molecule has 128 valence electrons. The van der Waals surface area contributed by atoms with Gasteiger partial charge >= 0.3 is 0 Å². The van der Waals surface area contributed by atoms with Gasteiger partial charge in [-0.05, 0) is 31.4 Å². The fourth-order valence-electron chi connectivity index (χ4n) is 3.10. The lowest BCUT2D eigenvalue weighted by molar-refractivity contribution is -0.124. The Labute approximate surface area is 144 Å². The second-order valence-electron chi connectivity index (χ2n) is 6.36. The maximum Gasteiger partial charge on any atom is 0.225 e. The predicted molar refractivity (Wildman–Crippen MR) is 94.2 cm³/mol. The molecular formula is C17H21N3O3S. The van der Waals surface area contributed by atoms with Crippen LogP contribution in [0.1, 0.15) is 19.3 Å². The van der Waals surface area contributed by atoms with Crippen molar-refractivity contribution in [3.63, 3.8) is 0 Å². The minimum absolute atomic E-state index is 0.0569. The Hall–Kier alpha value is -2.02. The largest absolute Gasteiger partial charge is 0.495 e. The van der Waals surface area contributed by atoms with Gasteiger partial charge in [0.1, 0.15) is 21.7 Å². The van der Waals surface area contributed by atoms with Gasteiger partial charge in [0, 0.05) is 19.1 Å². The van der Waals surface area contributed by atoms with Crippen molar-refractivity contribution in [1.82, 2.24) is 10.3 Å². The molecule has 0 radical (unpaired) electrons. The molecule has 2 heterocycles. The van der Waals surface area contributed by atoms with Gasteiger partial charge in [-0.2, -0.15) is 0 Å². The molecule has 2 aromatic rings. The third-order valence-electron chi connectivity index (χ3n) is 4.65. The lowest BCUT2D eigenvalue weighted by Crippen LogP contribution is -2.34. The molecule has 1 saturated heterocycles. The molecule has 6 nitrogen and oxygen atoms in total. The van der Waals surface area contributed by atoms with Gasteiger partial charge in [-0.15, -0.1) is 0 Å². The fraction of sp³-hybridized carbons (Fsp3) is 0.529. The number of hydrogen-bond acceptors (Lipinski definition) is 6. The third-order valence-corrected chi connectivity index (χ3v) is 5.78. The number of nitrogens with zero attached hydrogens (tertiary/aromatic N) is 2. The summed E-state index contributed by atoms with van der Waals surface area (Å²) in [5.74, 6) is 1.80. The molecule has 1 aromatic heterocycles. The van der Waals surface area contributed by atoms with Gasteiger partial charge in [0.15, 0.2) is 5.13 Å². The zero-order chi connectivity index (χ0) is 16.7. The number of aromatic nitrogens is 1. The number of fused-ring (bicyclic) bond motifs is 1. The number of amides is 1. The van der Waals surface area contributed by atoms with E-state index in [0.717, 1.165) is 59.2 Å². The van der Waals surface area contributed by atoms with Crippen molar-refractivity contribution in [3.05, 3.63) is 12.1 Å². The van der Waals surface area contributed by atoms with Crippen LogP contribution in [0.15, 0.2) is 12.1 Å². The Morgan fingerprint density at radius 1 is 1.25 bits per heavy atom. The summed E-state index contributed by atoms with van der Waals surface area (Å²) in [6, 6.07) is 4.20. The molecule has 2 aliphatic rings. The van der Waals surface area contributed by atoms with E-state index < -0.39 is 0 Å². The first-order chi connectivity index (χ1) is 11.7.